The molecule has 0 saturated heterocycles. The molecule has 0 spiro atoms. The first kappa shape index (κ1) is 15.1. The maximum Gasteiger partial charge on any atom is 0.416 e. The maximum absolute atomic E-state index is 13.0. The molecule has 1 aromatic carbocycles. The fraction of sp³-hybridized carbons (Fsp3) is 0.278. The second kappa shape index (κ2) is 5.26. The third-order valence-corrected chi connectivity index (χ3v) is 4.65. The molecule has 2 aromatic rings. The number of benzene rings is 1. The van der Waals surface area contributed by atoms with E-state index in [1.807, 2.05) is 6.20 Å². The van der Waals surface area contributed by atoms with E-state index in [2.05, 4.69) is 10.3 Å². The van der Waals surface area contributed by atoms with E-state index < -0.39 is 11.7 Å². The molecule has 1 aliphatic heterocycles. The second-order valence-corrected chi connectivity index (χ2v) is 6.18. The number of rotatable bonds is 1. The van der Waals surface area contributed by atoms with Gasteiger partial charge in [0, 0.05) is 28.7 Å². The zero-order valence-corrected chi connectivity index (χ0v) is 12.8. The molecule has 6 heteroatoms. The fourth-order valence-corrected chi connectivity index (χ4v) is 3.43. The number of fused-ring (bicyclic) bond motifs is 2. The van der Waals surface area contributed by atoms with Crippen LogP contribution in [0.5, 0.6) is 0 Å². The van der Waals surface area contributed by atoms with Gasteiger partial charge in [0.2, 0.25) is 0 Å². The van der Waals surface area contributed by atoms with Crippen molar-refractivity contribution in [3.8, 4) is 0 Å². The Bertz CT molecular complexity index is 862. The van der Waals surface area contributed by atoms with Crippen LogP contribution in [-0.2, 0) is 23.8 Å². The number of hydrogen-bond acceptors (Lipinski definition) is 1. The molecule has 2 aliphatic rings. The van der Waals surface area contributed by atoms with Crippen molar-refractivity contribution in [3.05, 3.63) is 52.3 Å². The fourth-order valence-electron chi connectivity index (χ4n) is 3.43. The lowest BCUT2D eigenvalue weighted by Gasteiger charge is -2.11. The lowest BCUT2D eigenvalue weighted by atomic mass is 9.93. The molecule has 1 amide bonds. The number of carbonyl (C=O) groups is 1. The van der Waals surface area contributed by atoms with Gasteiger partial charge in [-0.05, 0) is 61.1 Å². The monoisotopic (exact) mass is 332 g/mol. The van der Waals surface area contributed by atoms with Gasteiger partial charge in [-0.15, -0.1) is 0 Å². The minimum atomic E-state index is -4.43. The van der Waals surface area contributed by atoms with E-state index in [1.54, 1.807) is 6.08 Å². The summed E-state index contributed by atoms with van der Waals surface area (Å²) in [6.07, 6.45) is 3.21. The Hall–Kier alpha value is -2.50. The van der Waals surface area contributed by atoms with E-state index in [0.717, 1.165) is 49.1 Å². The first-order valence-corrected chi connectivity index (χ1v) is 7.87. The van der Waals surface area contributed by atoms with Crippen LogP contribution in [0.25, 0.3) is 11.6 Å². The lowest BCUT2D eigenvalue weighted by Crippen LogP contribution is -2.05. The van der Waals surface area contributed by atoms with Gasteiger partial charge in [0.1, 0.15) is 0 Å². The van der Waals surface area contributed by atoms with E-state index in [-0.39, 0.29) is 11.5 Å². The number of halogens is 3. The molecule has 0 unspecified atom stereocenters. The van der Waals surface area contributed by atoms with Crippen molar-refractivity contribution in [3.63, 3.8) is 0 Å². The van der Waals surface area contributed by atoms with Crippen LogP contribution in [0, 0.1) is 0 Å². The molecule has 0 radical (unpaired) electrons. The number of amides is 1. The molecule has 24 heavy (non-hydrogen) atoms. The molecule has 1 aliphatic carbocycles. The Morgan fingerprint density at radius 1 is 1.12 bits per heavy atom. The molecule has 1 aromatic heterocycles. The maximum atomic E-state index is 13.0. The Labute approximate surface area is 136 Å². The van der Waals surface area contributed by atoms with Crippen LogP contribution in [0.15, 0.2) is 24.4 Å². The molecule has 4 rings (SSSR count). The van der Waals surface area contributed by atoms with Gasteiger partial charge in [-0.25, -0.2) is 0 Å². The van der Waals surface area contributed by atoms with E-state index in [0.29, 0.717) is 11.3 Å². The summed E-state index contributed by atoms with van der Waals surface area (Å²) < 4.78 is 38.9. The summed E-state index contributed by atoms with van der Waals surface area (Å²) in [5.41, 5.74) is 3.48. The number of aryl methyl sites for hydroxylation is 1. The van der Waals surface area contributed by atoms with Gasteiger partial charge >= 0.3 is 6.18 Å². The van der Waals surface area contributed by atoms with Gasteiger partial charge in [0.05, 0.1) is 5.56 Å². The zero-order valence-electron chi connectivity index (χ0n) is 12.8. The number of nitrogens with one attached hydrogen (secondary N) is 2. The van der Waals surface area contributed by atoms with Crippen molar-refractivity contribution in [2.24, 2.45) is 0 Å². The van der Waals surface area contributed by atoms with Gasteiger partial charge in [0.15, 0.2) is 0 Å². The first-order chi connectivity index (χ1) is 11.4. The van der Waals surface area contributed by atoms with Gasteiger partial charge in [-0.2, -0.15) is 13.2 Å². The number of H-pyrrole nitrogens is 1. The average Bonchev–Trinajstić information content (AvgIpc) is 3.08. The summed E-state index contributed by atoms with van der Waals surface area (Å²) in [6.45, 7) is 0. The highest BCUT2D eigenvalue weighted by molar-refractivity contribution is 6.35. The highest BCUT2D eigenvalue weighted by Crippen LogP contribution is 2.39. The Morgan fingerprint density at radius 3 is 2.71 bits per heavy atom. The minimum Gasteiger partial charge on any atom is -0.364 e. The average molecular weight is 332 g/mol. The molecule has 0 bridgehead atoms. The van der Waals surface area contributed by atoms with E-state index in [9.17, 15) is 18.0 Å². The quantitative estimate of drug-likeness (QED) is 0.747. The van der Waals surface area contributed by atoms with Crippen LogP contribution in [-0.4, -0.2) is 10.9 Å². The molecule has 0 fully saturated rings. The van der Waals surface area contributed by atoms with Gasteiger partial charge < -0.3 is 10.3 Å². The summed E-state index contributed by atoms with van der Waals surface area (Å²) >= 11 is 0. The van der Waals surface area contributed by atoms with E-state index >= 15 is 0 Å². The smallest absolute Gasteiger partial charge is 0.364 e. The molecule has 2 heterocycles. The topological polar surface area (TPSA) is 44.9 Å². The van der Waals surface area contributed by atoms with Crippen molar-refractivity contribution in [2.75, 3.05) is 5.32 Å². The molecule has 0 saturated carbocycles. The zero-order chi connectivity index (χ0) is 16.9. The molecular formula is C18H15F3N2O. The largest absolute Gasteiger partial charge is 0.416 e. The molecule has 2 N–H and O–H groups in total. The number of aromatic amines is 1. The van der Waals surface area contributed by atoms with Crippen LogP contribution in [0.3, 0.4) is 0 Å². The van der Waals surface area contributed by atoms with Crippen molar-refractivity contribution in [2.45, 2.75) is 31.9 Å². The van der Waals surface area contributed by atoms with Crippen LogP contribution >= 0.6 is 0 Å². The van der Waals surface area contributed by atoms with Crippen molar-refractivity contribution in [1.82, 2.24) is 4.98 Å². The predicted octanol–water partition coefficient (Wildman–Crippen LogP) is 4.41. The molecular weight excluding hydrogens is 317 g/mol. The molecule has 124 valence electrons. The third-order valence-electron chi connectivity index (χ3n) is 4.65. The number of carbonyl (C=O) groups excluding carboxylic acids is 1. The summed E-state index contributed by atoms with van der Waals surface area (Å²) in [6, 6.07) is 3.34. The SMILES string of the molecule is O=C1Nc2ccc(C(F)(F)F)cc2C1=Cc1c[nH]c2c1CCCC2. The normalized spacial score (nSPS) is 18.5. The summed E-state index contributed by atoms with van der Waals surface area (Å²) in [7, 11) is 0. The minimum absolute atomic E-state index is 0.281. The van der Waals surface area contributed by atoms with Crippen LogP contribution < -0.4 is 5.32 Å². The highest BCUT2D eigenvalue weighted by Gasteiger charge is 2.34. The van der Waals surface area contributed by atoms with Crippen molar-refractivity contribution < 1.29 is 18.0 Å². The van der Waals surface area contributed by atoms with Gasteiger partial charge in [-0.3, -0.25) is 4.79 Å². The highest BCUT2D eigenvalue weighted by atomic mass is 19.4. The summed E-state index contributed by atoms with van der Waals surface area (Å²) in [5.74, 6) is -0.366. The van der Waals surface area contributed by atoms with Crippen LogP contribution in [0.2, 0.25) is 0 Å². The van der Waals surface area contributed by atoms with Crippen LogP contribution in [0.4, 0.5) is 18.9 Å². The lowest BCUT2D eigenvalue weighted by molar-refractivity contribution is -0.137. The predicted molar refractivity (Wildman–Crippen MR) is 85.4 cm³/mol. The van der Waals surface area contributed by atoms with E-state index in [1.165, 1.54) is 11.6 Å². The second-order valence-electron chi connectivity index (χ2n) is 6.18. The summed E-state index contributed by atoms with van der Waals surface area (Å²) in [5, 5.41) is 2.63. The van der Waals surface area contributed by atoms with Gasteiger partial charge in [0.25, 0.3) is 5.91 Å². The number of hydrogen-bond donors (Lipinski definition) is 2. The van der Waals surface area contributed by atoms with E-state index in [4.69, 9.17) is 0 Å². The van der Waals surface area contributed by atoms with Crippen molar-refractivity contribution >= 4 is 23.2 Å². The first-order valence-electron chi connectivity index (χ1n) is 7.87. The summed E-state index contributed by atoms with van der Waals surface area (Å²) in [4.78, 5) is 15.4. The third kappa shape index (κ3) is 2.42. The van der Waals surface area contributed by atoms with Crippen molar-refractivity contribution in [1.29, 1.82) is 0 Å². The Morgan fingerprint density at radius 2 is 1.92 bits per heavy atom. The molecule has 3 nitrogen and oxygen atoms in total. The number of anilines is 1. The Kier molecular flexibility index (Phi) is 3.30. The Balaban J connectivity index is 1.80. The number of alkyl halides is 3. The molecule has 0 atom stereocenters. The van der Waals surface area contributed by atoms with Gasteiger partial charge in [-0.1, -0.05) is 0 Å². The number of aromatic nitrogens is 1. The standard InChI is InChI=1S/C18H15F3N2O/c19-18(20,21)11-5-6-16-13(8-11)14(17(24)23-16)7-10-9-22-15-4-2-1-3-12(10)15/h5-9,22H,1-4H2,(H,23,24). The van der Waals surface area contributed by atoms with Crippen LogP contribution in [0.1, 0.15) is 40.8 Å².